The summed E-state index contributed by atoms with van der Waals surface area (Å²) in [6.45, 7) is 3.75. The fourth-order valence-electron chi connectivity index (χ4n) is 2.49. The Hall–Kier alpha value is -3.00. The number of anilines is 2. The minimum absolute atomic E-state index is 0.0404. The molecule has 1 unspecified atom stereocenters. The zero-order valence-electron chi connectivity index (χ0n) is 16.3. The number of phenols is 1. The van der Waals surface area contributed by atoms with E-state index in [9.17, 15) is 19.5 Å². The van der Waals surface area contributed by atoms with Gasteiger partial charge in [-0.15, -0.1) is 11.8 Å². The third-order valence-electron chi connectivity index (χ3n) is 4.05. The summed E-state index contributed by atoms with van der Waals surface area (Å²) in [6.07, 6.45) is 2.25. The van der Waals surface area contributed by atoms with Crippen LogP contribution in [0.1, 0.15) is 43.5 Å². The molecule has 2 rings (SSSR count). The molecule has 7 nitrogen and oxygen atoms in total. The largest absolute Gasteiger partial charge is 0.507 e. The van der Waals surface area contributed by atoms with Crippen molar-refractivity contribution in [2.45, 2.75) is 43.3 Å². The SMILES string of the molecule is CCCCC(=O)Nc1cccc(SC(C)C(=O)Nc2ccc(O)c(C(=O)O)c2)c1. The molecule has 2 amide bonds. The predicted molar refractivity (Wildman–Crippen MR) is 114 cm³/mol. The smallest absolute Gasteiger partial charge is 0.339 e. The van der Waals surface area contributed by atoms with E-state index in [-0.39, 0.29) is 28.8 Å². The van der Waals surface area contributed by atoms with Crippen molar-refractivity contribution in [2.24, 2.45) is 0 Å². The van der Waals surface area contributed by atoms with Gasteiger partial charge in [0.25, 0.3) is 0 Å². The quantitative estimate of drug-likeness (QED) is 0.357. The summed E-state index contributed by atoms with van der Waals surface area (Å²) >= 11 is 1.31. The highest BCUT2D eigenvalue weighted by Crippen LogP contribution is 2.27. The number of unbranched alkanes of at least 4 members (excludes halogenated alkanes) is 1. The Labute approximate surface area is 173 Å². The third-order valence-corrected chi connectivity index (χ3v) is 5.15. The van der Waals surface area contributed by atoms with E-state index in [4.69, 9.17) is 5.11 Å². The summed E-state index contributed by atoms with van der Waals surface area (Å²) < 4.78 is 0. The van der Waals surface area contributed by atoms with Crippen LogP contribution in [0.3, 0.4) is 0 Å². The molecule has 0 aliphatic carbocycles. The van der Waals surface area contributed by atoms with Gasteiger partial charge in [0.2, 0.25) is 11.8 Å². The number of thioether (sulfide) groups is 1. The lowest BCUT2D eigenvalue weighted by Crippen LogP contribution is -2.22. The molecule has 0 spiro atoms. The Morgan fingerprint density at radius 3 is 2.48 bits per heavy atom. The van der Waals surface area contributed by atoms with Crippen molar-refractivity contribution < 1.29 is 24.6 Å². The van der Waals surface area contributed by atoms with Crippen LogP contribution in [0.2, 0.25) is 0 Å². The van der Waals surface area contributed by atoms with Crippen LogP contribution in [0.5, 0.6) is 5.75 Å². The topological polar surface area (TPSA) is 116 Å². The van der Waals surface area contributed by atoms with E-state index in [1.165, 1.54) is 30.0 Å². The van der Waals surface area contributed by atoms with Gasteiger partial charge >= 0.3 is 5.97 Å². The van der Waals surface area contributed by atoms with Gasteiger partial charge in [-0.25, -0.2) is 4.79 Å². The van der Waals surface area contributed by atoms with E-state index in [0.717, 1.165) is 17.7 Å². The predicted octanol–water partition coefficient (Wildman–Crippen LogP) is 4.34. The van der Waals surface area contributed by atoms with Crippen LogP contribution in [0.25, 0.3) is 0 Å². The Balaban J connectivity index is 1.99. The zero-order valence-corrected chi connectivity index (χ0v) is 17.1. The fourth-order valence-corrected chi connectivity index (χ4v) is 3.42. The molecule has 1 atom stereocenters. The second kappa shape index (κ2) is 10.5. The van der Waals surface area contributed by atoms with Gasteiger partial charge in [-0.1, -0.05) is 19.4 Å². The highest BCUT2D eigenvalue weighted by atomic mass is 32.2. The maximum absolute atomic E-state index is 12.5. The van der Waals surface area contributed by atoms with Gasteiger partial charge in [-0.05, 0) is 49.7 Å². The summed E-state index contributed by atoms with van der Waals surface area (Å²) in [5.74, 6) is -2.00. The van der Waals surface area contributed by atoms with Gasteiger partial charge in [0.05, 0.1) is 5.25 Å². The number of aromatic carboxylic acids is 1. The summed E-state index contributed by atoms with van der Waals surface area (Å²) in [5.41, 5.74) is 0.678. The monoisotopic (exact) mass is 416 g/mol. The van der Waals surface area contributed by atoms with Crippen LogP contribution in [0.15, 0.2) is 47.4 Å². The van der Waals surface area contributed by atoms with Gasteiger partial charge in [-0.2, -0.15) is 0 Å². The number of aromatic hydroxyl groups is 1. The number of hydrogen-bond donors (Lipinski definition) is 4. The lowest BCUT2D eigenvalue weighted by atomic mass is 10.2. The van der Waals surface area contributed by atoms with Gasteiger partial charge in [-0.3, -0.25) is 9.59 Å². The van der Waals surface area contributed by atoms with Crippen LogP contribution in [0.4, 0.5) is 11.4 Å². The van der Waals surface area contributed by atoms with Crippen LogP contribution < -0.4 is 10.6 Å². The summed E-state index contributed by atoms with van der Waals surface area (Å²) in [5, 5.41) is 23.6. The standard InChI is InChI=1S/C21H24N2O5S/c1-3-4-8-19(25)22-14-6-5-7-16(11-14)29-13(2)20(26)23-15-9-10-18(24)17(12-15)21(27)28/h5-7,9-13,24H,3-4,8H2,1-2H3,(H,22,25)(H,23,26)(H,27,28). The van der Waals surface area contributed by atoms with Crippen molar-refractivity contribution in [3.05, 3.63) is 48.0 Å². The van der Waals surface area contributed by atoms with E-state index >= 15 is 0 Å². The third kappa shape index (κ3) is 6.83. The molecule has 0 aliphatic rings. The molecule has 0 heterocycles. The van der Waals surface area contributed by atoms with Crippen LogP contribution >= 0.6 is 11.8 Å². The zero-order chi connectivity index (χ0) is 21.4. The van der Waals surface area contributed by atoms with Gasteiger partial charge < -0.3 is 20.8 Å². The molecule has 154 valence electrons. The number of hydrogen-bond acceptors (Lipinski definition) is 5. The van der Waals surface area contributed by atoms with Crippen molar-refractivity contribution in [1.82, 2.24) is 0 Å². The van der Waals surface area contributed by atoms with Gasteiger partial charge in [0.15, 0.2) is 0 Å². The first kappa shape index (κ1) is 22.3. The van der Waals surface area contributed by atoms with E-state index in [1.807, 2.05) is 19.1 Å². The van der Waals surface area contributed by atoms with Gasteiger partial charge in [0.1, 0.15) is 11.3 Å². The lowest BCUT2D eigenvalue weighted by molar-refractivity contribution is -0.116. The number of rotatable bonds is 9. The number of carboxylic acid groups (broad SMARTS) is 1. The van der Waals surface area contributed by atoms with Crippen molar-refractivity contribution in [3.63, 3.8) is 0 Å². The first-order chi connectivity index (χ1) is 13.8. The molecule has 2 aromatic carbocycles. The first-order valence-corrected chi connectivity index (χ1v) is 10.1. The van der Waals surface area contributed by atoms with Crippen LogP contribution in [-0.2, 0) is 9.59 Å². The number of carbonyl (C=O) groups is 3. The lowest BCUT2D eigenvalue weighted by Gasteiger charge is -2.13. The molecule has 0 radical (unpaired) electrons. The molecular weight excluding hydrogens is 392 g/mol. The van der Waals surface area contributed by atoms with Gasteiger partial charge in [0, 0.05) is 22.7 Å². The number of carboxylic acids is 1. The Morgan fingerprint density at radius 1 is 1.07 bits per heavy atom. The van der Waals surface area contributed by atoms with Crippen LogP contribution in [-0.4, -0.2) is 33.2 Å². The maximum atomic E-state index is 12.5. The average Bonchev–Trinajstić information content (AvgIpc) is 2.67. The molecule has 0 fully saturated rings. The highest BCUT2D eigenvalue weighted by molar-refractivity contribution is 8.00. The van der Waals surface area contributed by atoms with E-state index in [1.54, 1.807) is 19.1 Å². The normalized spacial score (nSPS) is 11.5. The van der Waals surface area contributed by atoms with Crippen molar-refractivity contribution in [2.75, 3.05) is 10.6 Å². The van der Waals surface area contributed by atoms with E-state index < -0.39 is 11.2 Å². The summed E-state index contributed by atoms with van der Waals surface area (Å²) in [4.78, 5) is 36.2. The number of carbonyl (C=O) groups excluding carboxylic acids is 2. The molecule has 0 saturated heterocycles. The second-order valence-corrected chi connectivity index (χ2v) is 7.88. The molecule has 4 N–H and O–H groups in total. The second-order valence-electron chi connectivity index (χ2n) is 6.47. The molecule has 0 saturated carbocycles. The first-order valence-electron chi connectivity index (χ1n) is 9.24. The highest BCUT2D eigenvalue weighted by Gasteiger charge is 2.17. The number of benzene rings is 2. The Morgan fingerprint density at radius 2 is 1.79 bits per heavy atom. The fraction of sp³-hybridized carbons (Fsp3) is 0.286. The van der Waals surface area contributed by atoms with Crippen LogP contribution in [0, 0.1) is 0 Å². The summed E-state index contributed by atoms with van der Waals surface area (Å²) in [7, 11) is 0. The number of nitrogens with one attached hydrogen (secondary N) is 2. The van der Waals surface area contributed by atoms with Crippen molar-refractivity contribution in [3.8, 4) is 5.75 Å². The molecule has 8 heteroatoms. The molecule has 0 aliphatic heterocycles. The minimum Gasteiger partial charge on any atom is -0.507 e. The number of amides is 2. The average molecular weight is 416 g/mol. The van der Waals surface area contributed by atoms with E-state index in [0.29, 0.717) is 12.1 Å². The maximum Gasteiger partial charge on any atom is 0.339 e. The Kier molecular flexibility index (Phi) is 8.09. The molecule has 0 aromatic heterocycles. The molecular formula is C21H24N2O5S. The molecule has 2 aromatic rings. The van der Waals surface area contributed by atoms with Crippen molar-refractivity contribution >= 4 is 40.9 Å². The molecule has 29 heavy (non-hydrogen) atoms. The molecule has 0 bridgehead atoms. The van der Waals surface area contributed by atoms with Crippen molar-refractivity contribution in [1.29, 1.82) is 0 Å². The Bertz CT molecular complexity index is 900. The van der Waals surface area contributed by atoms with E-state index in [2.05, 4.69) is 10.6 Å². The minimum atomic E-state index is -1.28. The summed E-state index contributed by atoms with van der Waals surface area (Å²) in [6, 6.07) is 11.1.